The molecule has 1 fully saturated rings. The molecule has 1 aromatic rings. The van der Waals surface area contributed by atoms with Crippen molar-refractivity contribution in [2.75, 3.05) is 13.6 Å². The summed E-state index contributed by atoms with van der Waals surface area (Å²) in [6.45, 7) is 6.92. The monoisotopic (exact) mass is 463 g/mol. The summed E-state index contributed by atoms with van der Waals surface area (Å²) >= 11 is 0. The number of hydrogen-bond donors (Lipinski definition) is 3. The summed E-state index contributed by atoms with van der Waals surface area (Å²) in [7, 11) is 1.60. The van der Waals surface area contributed by atoms with Crippen LogP contribution in [0.3, 0.4) is 0 Å². The average molecular weight is 464 g/mol. The Morgan fingerprint density at radius 1 is 1.12 bits per heavy atom. The normalized spacial score (nSPS) is 17.1. The lowest BCUT2D eigenvalue weighted by Gasteiger charge is -2.43. The minimum Gasteiger partial charge on any atom is -0.443 e. The van der Waals surface area contributed by atoms with Gasteiger partial charge in [-0.25, -0.2) is 25.0 Å². The molecule has 2 atom stereocenters. The molecule has 1 saturated heterocycles. The van der Waals surface area contributed by atoms with E-state index in [1.807, 2.05) is 30.3 Å². The van der Waals surface area contributed by atoms with E-state index in [1.165, 1.54) is 0 Å². The summed E-state index contributed by atoms with van der Waals surface area (Å²) in [6.07, 6.45) is -0.824. The first-order valence-electron chi connectivity index (χ1n) is 10.8. The molecule has 4 amide bonds. The number of nitrogens with zero attached hydrogens (tertiary/aromatic N) is 2. The van der Waals surface area contributed by atoms with Gasteiger partial charge in [-0.1, -0.05) is 30.3 Å². The molecule has 11 nitrogen and oxygen atoms in total. The first-order chi connectivity index (χ1) is 15.5. The Hall–Kier alpha value is -3.34. The van der Waals surface area contributed by atoms with Crippen LogP contribution in [0.1, 0.15) is 46.1 Å². The average Bonchev–Trinajstić information content (AvgIpc) is 2.79. The van der Waals surface area contributed by atoms with Gasteiger partial charge >= 0.3 is 12.2 Å². The van der Waals surface area contributed by atoms with Crippen LogP contribution in [-0.4, -0.2) is 65.3 Å². The lowest BCUT2D eigenvalue weighted by molar-refractivity contribution is -0.165. The van der Waals surface area contributed by atoms with Crippen molar-refractivity contribution in [1.82, 2.24) is 26.2 Å². The van der Waals surface area contributed by atoms with Crippen molar-refractivity contribution in [3.63, 3.8) is 0 Å². The number of ether oxygens (including phenoxy) is 2. The Morgan fingerprint density at radius 2 is 1.79 bits per heavy atom. The van der Waals surface area contributed by atoms with Crippen LogP contribution in [0.5, 0.6) is 0 Å². The van der Waals surface area contributed by atoms with Crippen molar-refractivity contribution in [2.45, 2.75) is 64.8 Å². The summed E-state index contributed by atoms with van der Waals surface area (Å²) in [5.41, 5.74) is 4.50. The van der Waals surface area contributed by atoms with Gasteiger partial charge in [0.1, 0.15) is 18.2 Å². The maximum atomic E-state index is 13.1. The quantitative estimate of drug-likeness (QED) is 0.567. The first kappa shape index (κ1) is 25.9. The first-order valence-corrected chi connectivity index (χ1v) is 10.8. The Balaban J connectivity index is 2.13. The van der Waals surface area contributed by atoms with Gasteiger partial charge in [-0.3, -0.25) is 15.0 Å². The van der Waals surface area contributed by atoms with Gasteiger partial charge in [0.05, 0.1) is 6.04 Å². The molecule has 0 aromatic heterocycles. The second kappa shape index (κ2) is 11.5. The van der Waals surface area contributed by atoms with Gasteiger partial charge in [0.15, 0.2) is 0 Å². The number of hydrazine groups is 2. The van der Waals surface area contributed by atoms with Gasteiger partial charge in [-0.15, -0.1) is 0 Å². The lowest BCUT2D eigenvalue weighted by Crippen LogP contribution is -2.65. The zero-order valence-corrected chi connectivity index (χ0v) is 19.7. The Morgan fingerprint density at radius 3 is 2.39 bits per heavy atom. The molecular weight excluding hydrogens is 430 g/mol. The maximum Gasteiger partial charge on any atom is 0.429 e. The molecule has 0 unspecified atom stereocenters. The second-order valence-electron chi connectivity index (χ2n) is 8.63. The predicted octanol–water partition coefficient (Wildman–Crippen LogP) is 1.69. The molecule has 0 radical (unpaired) electrons. The van der Waals surface area contributed by atoms with Crippen molar-refractivity contribution in [1.29, 1.82) is 0 Å². The number of hydrogen-bond acceptors (Lipinski definition) is 7. The zero-order chi connectivity index (χ0) is 24.6. The molecule has 11 heteroatoms. The van der Waals surface area contributed by atoms with Crippen LogP contribution in [0.4, 0.5) is 9.59 Å². The molecule has 1 aliphatic rings. The van der Waals surface area contributed by atoms with E-state index < -0.39 is 41.7 Å². The van der Waals surface area contributed by atoms with Crippen LogP contribution in [0, 0.1) is 0 Å². The number of likely N-dealkylation sites (N-methyl/N-ethyl adjacent to an activating group) is 1. The van der Waals surface area contributed by atoms with Crippen LogP contribution >= 0.6 is 0 Å². The number of carbonyl (C=O) groups is 4. The van der Waals surface area contributed by atoms with Crippen molar-refractivity contribution in [3.8, 4) is 0 Å². The Bertz CT molecular complexity index is 841. The highest BCUT2D eigenvalue weighted by molar-refractivity contribution is 5.91. The molecule has 0 saturated carbocycles. The molecule has 1 aliphatic heterocycles. The van der Waals surface area contributed by atoms with Gasteiger partial charge in [0, 0.05) is 6.54 Å². The van der Waals surface area contributed by atoms with E-state index in [0.717, 1.165) is 15.6 Å². The van der Waals surface area contributed by atoms with Gasteiger partial charge in [0.2, 0.25) is 0 Å². The topological polar surface area (TPSA) is 129 Å². The highest BCUT2D eigenvalue weighted by Crippen LogP contribution is 2.21. The van der Waals surface area contributed by atoms with E-state index in [-0.39, 0.29) is 13.2 Å². The third-order valence-corrected chi connectivity index (χ3v) is 4.84. The van der Waals surface area contributed by atoms with Crippen molar-refractivity contribution < 1.29 is 28.7 Å². The zero-order valence-electron chi connectivity index (χ0n) is 19.7. The summed E-state index contributed by atoms with van der Waals surface area (Å²) in [4.78, 5) is 50.7. The second-order valence-corrected chi connectivity index (χ2v) is 8.63. The number of benzene rings is 1. The van der Waals surface area contributed by atoms with E-state index in [9.17, 15) is 19.2 Å². The fourth-order valence-corrected chi connectivity index (χ4v) is 3.14. The fourth-order valence-electron chi connectivity index (χ4n) is 3.14. The summed E-state index contributed by atoms with van der Waals surface area (Å²) < 4.78 is 10.5. The minimum absolute atomic E-state index is 0.0247. The van der Waals surface area contributed by atoms with Gasteiger partial charge < -0.3 is 14.8 Å². The summed E-state index contributed by atoms with van der Waals surface area (Å²) in [5, 5.41) is 5.06. The number of nitrogens with one attached hydrogen (secondary N) is 3. The SMILES string of the molecule is CN[C@H](C)C(=O)N1[C@H](C(=O)NNC(=O)OC(C)(C)C)CCCN1C(=O)OCc1ccccc1. The smallest absolute Gasteiger partial charge is 0.429 e. The van der Waals surface area contributed by atoms with Gasteiger partial charge in [0.25, 0.3) is 11.8 Å². The van der Waals surface area contributed by atoms with E-state index in [4.69, 9.17) is 9.47 Å². The predicted molar refractivity (Wildman–Crippen MR) is 119 cm³/mol. The standard InChI is InChI=1S/C22H33N5O6/c1-15(23-5)19(29)27-17(18(28)24-25-20(30)33-22(2,3)4)12-9-13-26(27)21(31)32-14-16-10-7-6-8-11-16/h6-8,10-11,15,17,23H,9,12-14H2,1-5H3,(H,24,28)(H,25,30)/t15-,17+/m1/s1. The summed E-state index contributed by atoms with van der Waals surface area (Å²) in [6, 6.07) is 7.44. The molecule has 2 rings (SSSR count). The van der Waals surface area contributed by atoms with Gasteiger partial charge in [-0.2, -0.15) is 0 Å². The van der Waals surface area contributed by atoms with Crippen LogP contribution in [0.15, 0.2) is 30.3 Å². The third-order valence-electron chi connectivity index (χ3n) is 4.84. The van der Waals surface area contributed by atoms with E-state index in [0.29, 0.717) is 12.8 Å². The minimum atomic E-state index is -1.03. The Kier molecular flexibility index (Phi) is 9.03. The van der Waals surface area contributed by atoms with E-state index in [1.54, 1.807) is 34.7 Å². The molecule has 0 spiro atoms. The third kappa shape index (κ3) is 7.63. The number of rotatable bonds is 5. The maximum absolute atomic E-state index is 13.1. The van der Waals surface area contributed by atoms with Crippen LogP contribution in [0.2, 0.25) is 0 Å². The largest absolute Gasteiger partial charge is 0.443 e. The highest BCUT2D eigenvalue weighted by atomic mass is 16.6. The molecule has 1 aromatic carbocycles. The van der Waals surface area contributed by atoms with Crippen molar-refractivity contribution in [3.05, 3.63) is 35.9 Å². The molecule has 0 aliphatic carbocycles. The number of carbonyl (C=O) groups excluding carboxylic acids is 4. The van der Waals surface area contributed by atoms with Crippen molar-refractivity contribution in [2.24, 2.45) is 0 Å². The van der Waals surface area contributed by atoms with E-state index in [2.05, 4.69) is 16.2 Å². The van der Waals surface area contributed by atoms with Crippen LogP contribution < -0.4 is 16.2 Å². The molecule has 0 bridgehead atoms. The fraction of sp³-hybridized carbons (Fsp3) is 0.545. The Labute approximate surface area is 193 Å². The molecule has 182 valence electrons. The molecule has 33 heavy (non-hydrogen) atoms. The van der Waals surface area contributed by atoms with Crippen LogP contribution in [-0.2, 0) is 25.7 Å². The molecule has 3 N–H and O–H groups in total. The highest BCUT2D eigenvalue weighted by Gasteiger charge is 2.41. The van der Waals surface area contributed by atoms with Crippen LogP contribution in [0.25, 0.3) is 0 Å². The summed E-state index contributed by atoms with van der Waals surface area (Å²) in [5.74, 6) is -1.13. The van der Waals surface area contributed by atoms with Gasteiger partial charge in [-0.05, 0) is 53.1 Å². The van der Waals surface area contributed by atoms with E-state index >= 15 is 0 Å². The molecule has 1 heterocycles. The number of amides is 4. The molecular formula is C22H33N5O6. The lowest BCUT2D eigenvalue weighted by atomic mass is 10.1. The van der Waals surface area contributed by atoms with Crippen molar-refractivity contribution >= 4 is 24.0 Å².